The van der Waals surface area contributed by atoms with Crippen molar-refractivity contribution in [2.24, 2.45) is 0 Å². The molecule has 0 aromatic heterocycles. The molecule has 4 saturated heterocycles. The van der Waals surface area contributed by atoms with Gasteiger partial charge in [0.15, 0.2) is 18.5 Å². The first kappa shape index (κ1) is 65.3. The zero-order valence-corrected chi connectivity index (χ0v) is 47.3. The molecule has 0 radical (unpaired) electrons. The lowest BCUT2D eigenvalue weighted by atomic mass is 10.0. The van der Waals surface area contributed by atoms with Gasteiger partial charge in [-0.05, 0) is 82.4 Å². The van der Waals surface area contributed by atoms with Crippen molar-refractivity contribution >= 4 is 88.7 Å². The number of carbonyl (C=O) groups excluding carboxylic acids is 6. The van der Waals surface area contributed by atoms with Crippen LogP contribution in [0.5, 0.6) is 0 Å². The number of carboxylic acids is 2. The first-order valence-electron chi connectivity index (χ1n) is 27.7. The van der Waals surface area contributed by atoms with Gasteiger partial charge in [0.1, 0.15) is 12.1 Å². The summed E-state index contributed by atoms with van der Waals surface area (Å²) in [5.74, 6) is 0.0910. The SMILES string of the molecule is C#CCOC(=O)CCOCCOCCOCCNC(=O)Nc1cc(C(=O)NCCCCC(NC(=O)CCCCC2SCC3NC(=N)NC32)C(=O)O)cc(C(=O)NCCCCC(NC(=O)CCCCC2SCC3NC(=N)NC32)C(=O)O)c1. The van der Waals surface area contributed by atoms with Crippen LogP contribution in [0, 0.1) is 23.2 Å². The Morgan fingerprint density at radius 1 is 0.605 bits per heavy atom. The van der Waals surface area contributed by atoms with Gasteiger partial charge in [-0.2, -0.15) is 23.5 Å². The van der Waals surface area contributed by atoms with E-state index in [1.54, 1.807) is 0 Å². The van der Waals surface area contributed by atoms with Gasteiger partial charge < -0.3 is 82.3 Å². The van der Waals surface area contributed by atoms with Crippen molar-refractivity contribution in [3.8, 4) is 12.3 Å². The predicted molar refractivity (Wildman–Crippen MR) is 304 cm³/mol. The number of carboxylic acid groups (broad SMARTS) is 2. The van der Waals surface area contributed by atoms with Crippen molar-refractivity contribution in [2.45, 2.75) is 143 Å². The fourth-order valence-electron chi connectivity index (χ4n) is 9.48. The summed E-state index contributed by atoms with van der Waals surface area (Å²) in [6, 6.07) is 2.14. The van der Waals surface area contributed by atoms with Crippen LogP contribution < -0.4 is 53.2 Å². The molecule has 4 aliphatic rings. The number of unbranched alkanes of at least 4 members (excludes halogenated alkanes) is 4. The first-order valence-corrected chi connectivity index (χ1v) is 29.8. The molecule has 4 fully saturated rings. The van der Waals surface area contributed by atoms with Crippen LogP contribution >= 0.6 is 23.5 Å². The van der Waals surface area contributed by atoms with E-state index in [4.69, 9.17) is 36.2 Å². The minimum atomic E-state index is -1.17. The molecule has 1 aromatic rings. The van der Waals surface area contributed by atoms with Crippen molar-refractivity contribution in [3.63, 3.8) is 0 Å². The number of hydrogen-bond acceptors (Lipinski definition) is 16. The topological polar surface area (TPSA) is 382 Å². The molecule has 1 aromatic carbocycles. The molecule has 0 spiro atoms. The molecule has 6 amide bonds. The van der Waals surface area contributed by atoms with E-state index in [-0.39, 0.29) is 151 Å². The number of nitrogens with one attached hydrogen (secondary N) is 12. The number of thioether (sulfide) groups is 2. The van der Waals surface area contributed by atoms with E-state index < -0.39 is 47.8 Å². The fourth-order valence-corrected chi connectivity index (χ4v) is 12.6. The third kappa shape index (κ3) is 24.2. The summed E-state index contributed by atoms with van der Waals surface area (Å²) in [6.07, 6.45) is 11.8. The zero-order valence-electron chi connectivity index (χ0n) is 45.6. The van der Waals surface area contributed by atoms with Crippen molar-refractivity contribution in [3.05, 3.63) is 29.3 Å². The second kappa shape index (κ2) is 36.0. The molecule has 81 heavy (non-hydrogen) atoms. The highest BCUT2D eigenvalue weighted by Crippen LogP contribution is 2.34. The van der Waals surface area contributed by atoms with Gasteiger partial charge >= 0.3 is 23.9 Å². The van der Waals surface area contributed by atoms with Gasteiger partial charge in [-0.3, -0.25) is 34.8 Å². The Kier molecular flexibility index (Phi) is 29.0. The van der Waals surface area contributed by atoms with Crippen LogP contribution in [0.3, 0.4) is 0 Å². The van der Waals surface area contributed by atoms with E-state index in [9.17, 15) is 48.6 Å². The number of terminal acetylenes is 1. The van der Waals surface area contributed by atoms with Gasteiger partial charge in [0, 0.05) is 71.3 Å². The van der Waals surface area contributed by atoms with Crippen molar-refractivity contribution in [1.29, 1.82) is 10.8 Å². The smallest absolute Gasteiger partial charge is 0.326 e. The van der Waals surface area contributed by atoms with E-state index in [1.165, 1.54) is 18.2 Å². The van der Waals surface area contributed by atoms with Crippen molar-refractivity contribution in [2.75, 3.05) is 82.7 Å². The molecule has 448 valence electrons. The summed E-state index contributed by atoms with van der Waals surface area (Å²) >= 11 is 3.69. The molecule has 8 unspecified atom stereocenters. The second-order valence-electron chi connectivity index (χ2n) is 19.9. The van der Waals surface area contributed by atoms with Gasteiger partial charge in [-0.1, -0.05) is 18.8 Å². The Hall–Kier alpha value is -6.54. The average molecular weight is 1170 g/mol. The molecular weight excluding hydrogens is 1090 g/mol. The summed E-state index contributed by atoms with van der Waals surface area (Å²) < 4.78 is 21.0. The number of amides is 6. The lowest BCUT2D eigenvalue weighted by Crippen LogP contribution is -2.40. The average Bonchev–Trinajstić information content (AvgIpc) is 4.29. The summed E-state index contributed by atoms with van der Waals surface area (Å²) in [4.78, 5) is 101. The predicted octanol–water partition coefficient (Wildman–Crippen LogP) is 1.44. The van der Waals surface area contributed by atoms with Crippen LogP contribution in [0.1, 0.15) is 117 Å². The van der Waals surface area contributed by atoms with Gasteiger partial charge in [0.2, 0.25) is 11.8 Å². The number of anilines is 1. The molecule has 5 rings (SSSR count). The van der Waals surface area contributed by atoms with E-state index in [0.29, 0.717) is 60.9 Å². The highest BCUT2D eigenvalue weighted by Gasteiger charge is 2.42. The number of urea groups is 1. The fraction of sp³-hybridized carbons (Fsp3) is 0.660. The van der Waals surface area contributed by atoms with Crippen molar-refractivity contribution < 1.29 is 67.5 Å². The maximum absolute atomic E-state index is 13.5. The quantitative estimate of drug-likeness (QED) is 0.0251. The molecule has 0 bridgehead atoms. The highest BCUT2D eigenvalue weighted by molar-refractivity contribution is 8.00. The lowest BCUT2D eigenvalue weighted by Gasteiger charge is -2.17. The molecule has 14 N–H and O–H groups in total. The minimum absolute atomic E-state index is 0.0440. The van der Waals surface area contributed by atoms with Crippen LogP contribution in [-0.4, -0.2) is 194 Å². The monoisotopic (exact) mass is 1170 g/mol. The number of hydrogen-bond donors (Lipinski definition) is 14. The van der Waals surface area contributed by atoms with Crippen LogP contribution in [0.2, 0.25) is 0 Å². The highest BCUT2D eigenvalue weighted by atomic mass is 32.2. The number of fused-ring (bicyclic) bond motifs is 2. The van der Waals surface area contributed by atoms with Crippen LogP contribution in [0.4, 0.5) is 10.5 Å². The van der Waals surface area contributed by atoms with Crippen LogP contribution in [0.15, 0.2) is 18.2 Å². The van der Waals surface area contributed by atoms with E-state index in [0.717, 1.165) is 37.2 Å². The van der Waals surface area contributed by atoms with Gasteiger partial charge in [-0.15, -0.1) is 6.42 Å². The van der Waals surface area contributed by atoms with E-state index >= 15 is 0 Å². The largest absolute Gasteiger partial charge is 0.480 e. The summed E-state index contributed by atoms with van der Waals surface area (Å²) in [5, 5.41) is 64.6. The Labute approximate surface area is 480 Å². The number of rotatable bonds is 40. The third-order valence-corrected chi connectivity index (χ3v) is 16.7. The number of ether oxygens (including phenoxy) is 4. The normalized spacial score (nSPS) is 20.1. The molecule has 4 heterocycles. The zero-order chi connectivity index (χ0) is 58.4. The van der Waals surface area contributed by atoms with E-state index in [1.807, 2.05) is 23.5 Å². The third-order valence-electron chi connectivity index (χ3n) is 13.6. The number of guanidine groups is 2. The Morgan fingerprint density at radius 3 is 1.57 bits per heavy atom. The van der Waals surface area contributed by atoms with Crippen LogP contribution in [0.25, 0.3) is 0 Å². The maximum Gasteiger partial charge on any atom is 0.326 e. The number of benzene rings is 1. The summed E-state index contributed by atoms with van der Waals surface area (Å²) in [5.41, 5.74) is 0.211. The van der Waals surface area contributed by atoms with Gasteiger partial charge in [0.05, 0.1) is 70.2 Å². The van der Waals surface area contributed by atoms with Crippen LogP contribution in [-0.2, 0) is 42.9 Å². The summed E-state index contributed by atoms with van der Waals surface area (Å²) in [7, 11) is 0. The van der Waals surface area contributed by atoms with Gasteiger partial charge in [-0.25, -0.2) is 14.4 Å². The van der Waals surface area contributed by atoms with E-state index in [2.05, 4.69) is 59.1 Å². The second-order valence-corrected chi connectivity index (χ2v) is 22.4. The molecule has 28 heteroatoms. The Morgan fingerprint density at radius 2 is 1.09 bits per heavy atom. The van der Waals surface area contributed by atoms with Gasteiger partial charge in [0.25, 0.3) is 11.8 Å². The maximum atomic E-state index is 13.5. The lowest BCUT2D eigenvalue weighted by molar-refractivity contribution is -0.143. The standard InChI is InChI=1S/C53H80N12O14S2/c1-2-21-79-44(68)17-22-76-24-26-78-27-25-77-23-20-58-53(75)59-35-29-33(47(69)56-18-9-7-11-36(49(71)72)60-42(66)15-5-3-13-40-45-38(31-80-40)62-51(54)64-45)28-34(30-35)48(70)57-19-10-8-12-37(50(73)74)61-43(67)16-6-4-14-41-46-39(32-81-41)63-52(55)65-46/h1,28-30,36-41,45-46H,3-27,31-32H2,(H,56,69)(H,57,70)(H,60,66)(H,61,67)(H,71,72)(H,73,74)(H3,54,62,64)(H3,55,63,65)(H2,58,59,75). The molecule has 0 saturated carbocycles. The van der Waals surface area contributed by atoms with Crippen molar-refractivity contribution in [1.82, 2.24) is 47.9 Å². The number of aliphatic carboxylic acids is 2. The molecular formula is C53H80N12O14S2. The molecule has 0 aliphatic carbocycles. The first-order chi connectivity index (χ1) is 39.1. The molecule has 8 atom stereocenters. The minimum Gasteiger partial charge on any atom is -0.480 e. The summed E-state index contributed by atoms with van der Waals surface area (Å²) in [6.45, 7) is 1.59. The molecule has 26 nitrogen and oxygen atoms in total. The molecule has 4 aliphatic heterocycles. The Bertz CT molecular complexity index is 2230. The number of carbonyl (C=O) groups is 8. The Balaban J connectivity index is 1.03. The number of esters is 1.